The summed E-state index contributed by atoms with van der Waals surface area (Å²) in [7, 11) is 0. The van der Waals surface area contributed by atoms with E-state index in [1.54, 1.807) is 23.6 Å². The number of nitrogens with one attached hydrogen (secondary N) is 4. The van der Waals surface area contributed by atoms with Gasteiger partial charge in [0.05, 0.1) is 21.4 Å². The SMILES string of the molecule is O=C(Nc1csc(SNC2CCNC2)c1O)Nc1cccc(Cl)c1Cl. The summed E-state index contributed by atoms with van der Waals surface area (Å²) in [6.07, 6.45) is 1.05. The first-order valence-corrected chi connectivity index (χ1v) is 9.95. The second-order valence-electron chi connectivity index (χ2n) is 5.38. The molecule has 0 spiro atoms. The van der Waals surface area contributed by atoms with Gasteiger partial charge in [-0.2, -0.15) is 0 Å². The zero-order chi connectivity index (χ0) is 17.8. The van der Waals surface area contributed by atoms with Gasteiger partial charge in [0.1, 0.15) is 4.21 Å². The summed E-state index contributed by atoms with van der Waals surface area (Å²) in [4.78, 5) is 12.1. The van der Waals surface area contributed by atoms with Crippen molar-refractivity contribution in [3.05, 3.63) is 33.6 Å². The van der Waals surface area contributed by atoms with Gasteiger partial charge in [-0.05, 0) is 37.0 Å². The van der Waals surface area contributed by atoms with E-state index in [1.165, 1.54) is 23.3 Å². The third-order valence-electron chi connectivity index (χ3n) is 3.56. The molecule has 2 heterocycles. The number of halogens is 2. The van der Waals surface area contributed by atoms with Crippen LogP contribution in [0.15, 0.2) is 27.8 Å². The molecule has 5 N–H and O–H groups in total. The Balaban J connectivity index is 1.58. The number of benzene rings is 1. The van der Waals surface area contributed by atoms with Crippen molar-refractivity contribution in [1.82, 2.24) is 10.0 Å². The molecule has 0 aliphatic carbocycles. The lowest BCUT2D eigenvalue weighted by atomic mass is 10.3. The minimum absolute atomic E-state index is 0.0424. The highest BCUT2D eigenvalue weighted by atomic mass is 35.5. The number of thiophene rings is 1. The van der Waals surface area contributed by atoms with Gasteiger partial charge in [-0.25, -0.2) is 4.79 Å². The molecule has 2 aromatic rings. The van der Waals surface area contributed by atoms with Crippen LogP contribution in [-0.4, -0.2) is 30.3 Å². The van der Waals surface area contributed by atoms with Crippen LogP contribution in [0.25, 0.3) is 0 Å². The molecule has 3 rings (SSSR count). The zero-order valence-corrected chi connectivity index (χ0v) is 16.1. The largest absolute Gasteiger partial charge is 0.504 e. The summed E-state index contributed by atoms with van der Waals surface area (Å²) in [6.45, 7) is 1.90. The molecule has 1 aromatic carbocycles. The minimum atomic E-state index is -0.512. The molecule has 1 saturated heterocycles. The van der Waals surface area contributed by atoms with E-state index < -0.39 is 6.03 Å². The lowest BCUT2D eigenvalue weighted by Gasteiger charge is -2.10. The molecule has 1 aliphatic rings. The predicted molar refractivity (Wildman–Crippen MR) is 105 cm³/mol. The maximum absolute atomic E-state index is 12.1. The molecule has 1 aliphatic heterocycles. The lowest BCUT2D eigenvalue weighted by Crippen LogP contribution is -2.25. The van der Waals surface area contributed by atoms with Crippen molar-refractivity contribution in [2.24, 2.45) is 0 Å². The van der Waals surface area contributed by atoms with Crippen molar-refractivity contribution < 1.29 is 9.90 Å². The van der Waals surface area contributed by atoms with Gasteiger partial charge < -0.3 is 21.1 Å². The van der Waals surface area contributed by atoms with Crippen LogP contribution in [-0.2, 0) is 0 Å². The summed E-state index contributed by atoms with van der Waals surface area (Å²) in [6, 6.07) is 4.82. The van der Waals surface area contributed by atoms with Crippen LogP contribution >= 0.6 is 46.5 Å². The van der Waals surface area contributed by atoms with Crippen LogP contribution in [0.1, 0.15) is 6.42 Å². The van der Waals surface area contributed by atoms with Crippen molar-refractivity contribution in [2.75, 3.05) is 23.7 Å². The van der Waals surface area contributed by atoms with Gasteiger partial charge in [0, 0.05) is 18.0 Å². The Hall–Kier alpha value is -1.16. The summed E-state index contributed by atoms with van der Waals surface area (Å²) in [5, 5.41) is 21.0. The smallest absolute Gasteiger partial charge is 0.323 e. The minimum Gasteiger partial charge on any atom is -0.504 e. The first-order chi connectivity index (χ1) is 12.0. The third-order valence-corrected chi connectivity index (χ3v) is 6.51. The van der Waals surface area contributed by atoms with Gasteiger partial charge >= 0.3 is 6.03 Å². The van der Waals surface area contributed by atoms with Crippen molar-refractivity contribution in [3.63, 3.8) is 0 Å². The molecule has 6 nitrogen and oxygen atoms in total. The van der Waals surface area contributed by atoms with Gasteiger partial charge in [0.25, 0.3) is 0 Å². The fourth-order valence-electron chi connectivity index (χ4n) is 2.26. The van der Waals surface area contributed by atoms with Crippen LogP contribution in [0.5, 0.6) is 5.75 Å². The number of aromatic hydroxyl groups is 1. The number of carbonyl (C=O) groups excluding carboxylic acids is 1. The van der Waals surface area contributed by atoms with Crippen LogP contribution in [0.3, 0.4) is 0 Å². The van der Waals surface area contributed by atoms with Crippen LogP contribution in [0.4, 0.5) is 16.2 Å². The molecular weight excluding hydrogens is 403 g/mol. The topological polar surface area (TPSA) is 85.4 Å². The average Bonchev–Trinajstić information content (AvgIpc) is 3.21. The van der Waals surface area contributed by atoms with E-state index in [-0.39, 0.29) is 10.8 Å². The number of carbonyl (C=O) groups is 1. The van der Waals surface area contributed by atoms with E-state index in [1.807, 2.05) is 0 Å². The van der Waals surface area contributed by atoms with Gasteiger partial charge in [-0.15, -0.1) is 11.3 Å². The standard InChI is InChI=1S/C15H16Cl2N4O2S2/c16-9-2-1-3-10(12(9)17)19-15(23)20-11-7-24-14(13(11)22)25-21-8-4-5-18-6-8/h1-3,7-8,18,21-22H,4-6H2,(H2,19,20,23). The van der Waals surface area contributed by atoms with Gasteiger partial charge in [-0.1, -0.05) is 29.3 Å². The predicted octanol–water partition coefficient (Wildman–Crippen LogP) is 4.36. The second kappa shape index (κ2) is 8.48. The van der Waals surface area contributed by atoms with E-state index >= 15 is 0 Å². The molecule has 10 heteroatoms. The van der Waals surface area contributed by atoms with E-state index in [0.29, 0.717) is 26.6 Å². The highest BCUT2D eigenvalue weighted by Crippen LogP contribution is 2.40. The molecule has 25 heavy (non-hydrogen) atoms. The first-order valence-electron chi connectivity index (χ1n) is 7.50. The summed E-state index contributed by atoms with van der Waals surface area (Å²) < 4.78 is 4.00. The summed E-state index contributed by atoms with van der Waals surface area (Å²) in [5.41, 5.74) is 0.737. The summed E-state index contributed by atoms with van der Waals surface area (Å²) in [5.74, 6) is 0.0424. The molecule has 2 amide bonds. The Morgan fingerprint density at radius 3 is 2.88 bits per heavy atom. The zero-order valence-electron chi connectivity index (χ0n) is 12.9. The fraction of sp³-hybridized carbons (Fsp3) is 0.267. The van der Waals surface area contributed by atoms with E-state index in [9.17, 15) is 9.90 Å². The molecule has 1 fully saturated rings. The van der Waals surface area contributed by atoms with Gasteiger partial charge in [-0.3, -0.25) is 4.72 Å². The van der Waals surface area contributed by atoms with Crippen LogP contribution < -0.4 is 20.7 Å². The Morgan fingerprint density at radius 1 is 1.32 bits per heavy atom. The van der Waals surface area contributed by atoms with Crippen molar-refractivity contribution in [3.8, 4) is 5.75 Å². The number of anilines is 2. The monoisotopic (exact) mass is 418 g/mol. The number of hydrogen-bond donors (Lipinski definition) is 5. The lowest BCUT2D eigenvalue weighted by molar-refractivity contribution is 0.262. The maximum atomic E-state index is 12.1. The van der Waals surface area contributed by atoms with Crippen molar-refractivity contribution in [1.29, 1.82) is 0 Å². The highest BCUT2D eigenvalue weighted by Gasteiger charge is 2.18. The van der Waals surface area contributed by atoms with E-state index in [2.05, 4.69) is 20.7 Å². The average molecular weight is 419 g/mol. The molecule has 0 radical (unpaired) electrons. The molecule has 1 aromatic heterocycles. The number of rotatable bonds is 5. The Labute approximate surface area is 163 Å². The van der Waals surface area contributed by atoms with E-state index in [0.717, 1.165) is 19.5 Å². The quantitative estimate of drug-likeness (QED) is 0.465. The van der Waals surface area contributed by atoms with Crippen LogP contribution in [0.2, 0.25) is 10.0 Å². The Kier molecular flexibility index (Phi) is 6.32. The third kappa shape index (κ3) is 4.72. The number of amides is 2. The normalized spacial score (nSPS) is 16.8. The first kappa shape index (κ1) is 18.6. The van der Waals surface area contributed by atoms with Crippen LogP contribution in [0, 0.1) is 0 Å². The van der Waals surface area contributed by atoms with Crippen molar-refractivity contribution >= 4 is 63.9 Å². The number of hydrogen-bond acceptors (Lipinski definition) is 6. The summed E-state index contributed by atoms with van der Waals surface area (Å²) >= 11 is 14.7. The van der Waals surface area contributed by atoms with Gasteiger partial charge in [0.15, 0.2) is 5.75 Å². The number of urea groups is 1. The molecule has 134 valence electrons. The van der Waals surface area contributed by atoms with Gasteiger partial charge in [0.2, 0.25) is 0 Å². The Bertz CT molecular complexity index is 766. The molecular formula is C15H16Cl2N4O2S2. The molecule has 0 bridgehead atoms. The molecule has 0 saturated carbocycles. The maximum Gasteiger partial charge on any atom is 0.323 e. The second-order valence-corrected chi connectivity index (χ2v) is 8.15. The van der Waals surface area contributed by atoms with Crippen molar-refractivity contribution in [2.45, 2.75) is 16.7 Å². The highest BCUT2D eigenvalue weighted by molar-refractivity contribution is 7.99. The van der Waals surface area contributed by atoms with E-state index in [4.69, 9.17) is 23.2 Å². The fourth-order valence-corrected chi connectivity index (χ4v) is 4.39. The molecule has 1 atom stereocenters. The Morgan fingerprint density at radius 2 is 2.12 bits per heavy atom. The molecule has 1 unspecified atom stereocenters.